The zero-order valence-electron chi connectivity index (χ0n) is 11.0. The minimum absolute atomic E-state index is 0.199. The van der Waals surface area contributed by atoms with Crippen molar-refractivity contribution in [2.24, 2.45) is 11.7 Å². The van der Waals surface area contributed by atoms with Gasteiger partial charge in [0, 0.05) is 18.2 Å². The van der Waals surface area contributed by atoms with Crippen LogP contribution in [0.4, 0.5) is 5.69 Å². The van der Waals surface area contributed by atoms with Crippen molar-refractivity contribution in [2.45, 2.75) is 26.3 Å². The van der Waals surface area contributed by atoms with Crippen LogP contribution in [0.25, 0.3) is 0 Å². The summed E-state index contributed by atoms with van der Waals surface area (Å²) in [6.07, 6.45) is 0.222. The molecule has 0 bridgehead atoms. The Morgan fingerprint density at radius 2 is 1.95 bits per heavy atom. The molecule has 1 aromatic carbocycles. The molecule has 0 aliphatic carbocycles. The molecule has 1 aromatic rings. The summed E-state index contributed by atoms with van der Waals surface area (Å²) in [5.41, 5.74) is 6.85. The van der Waals surface area contributed by atoms with Crippen LogP contribution in [-0.4, -0.2) is 11.9 Å². The first-order chi connectivity index (χ1) is 8.97. The van der Waals surface area contributed by atoms with E-state index in [0.717, 1.165) is 0 Å². The first kappa shape index (κ1) is 14.7. The fraction of sp³-hybridized carbons (Fsp3) is 0.357. The van der Waals surface area contributed by atoms with Gasteiger partial charge in [-0.3, -0.25) is 4.79 Å². The Morgan fingerprint density at radius 1 is 1.32 bits per heavy atom. The summed E-state index contributed by atoms with van der Waals surface area (Å²) in [6.45, 7) is 3.90. The summed E-state index contributed by atoms with van der Waals surface area (Å²) in [6, 6.07) is 8.23. The lowest BCUT2D eigenvalue weighted by molar-refractivity contribution is -0.116. The number of hydrogen-bond acceptors (Lipinski definition) is 4. The molecule has 3 N–H and O–H groups in total. The molecule has 0 radical (unpaired) electrons. The van der Waals surface area contributed by atoms with Crippen molar-refractivity contribution in [1.29, 1.82) is 10.5 Å². The maximum absolute atomic E-state index is 11.7. The molecule has 0 aromatic heterocycles. The van der Waals surface area contributed by atoms with Crippen molar-refractivity contribution >= 4 is 11.6 Å². The third kappa shape index (κ3) is 4.09. The molecule has 0 aliphatic heterocycles. The van der Waals surface area contributed by atoms with Gasteiger partial charge in [-0.2, -0.15) is 10.5 Å². The van der Waals surface area contributed by atoms with Gasteiger partial charge in [0.25, 0.3) is 0 Å². The maximum atomic E-state index is 11.7. The largest absolute Gasteiger partial charge is 0.327 e. The van der Waals surface area contributed by atoms with E-state index in [4.69, 9.17) is 16.3 Å². The lowest BCUT2D eigenvalue weighted by atomic mass is 10.0. The molecule has 0 heterocycles. The predicted octanol–water partition coefficient (Wildman–Crippen LogP) is 1.74. The number of hydrogen-bond donors (Lipinski definition) is 2. The van der Waals surface area contributed by atoms with Crippen molar-refractivity contribution in [3.05, 3.63) is 29.3 Å². The highest BCUT2D eigenvalue weighted by molar-refractivity contribution is 5.91. The second-order valence-corrected chi connectivity index (χ2v) is 4.64. The number of rotatable bonds is 4. The van der Waals surface area contributed by atoms with Crippen molar-refractivity contribution < 1.29 is 4.79 Å². The molecule has 5 nitrogen and oxygen atoms in total. The molecule has 0 fully saturated rings. The molecule has 1 atom stereocenters. The molecule has 1 amide bonds. The van der Waals surface area contributed by atoms with E-state index >= 15 is 0 Å². The molecule has 0 saturated heterocycles. The summed E-state index contributed by atoms with van der Waals surface area (Å²) >= 11 is 0. The van der Waals surface area contributed by atoms with Gasteiger partial charge in [0.1, 0.15) is 12.1 Å². The van der Waals surface area contributed by atoms with E-state index in [-0.39, 0.29) is 29.9 Å². The van der Waals surface area contributed by atoms with Crippen LogP contribution in [0.1, 0.15) is 31.4 Å². The quantitative estimate of drug-likeness (QED) is 0.856. The van der Waals surface area contributed by atoms with Gasteiger partial charge in [-0.25, -0.2) is 0 Å². The lowest BCUT2D eigenvalue weighted by Gasteiger charge is -2.15. The molecular formula is C14H16N4O. The summed E-state index contributed by atoms with van der Waals surface area (Å²) < 4.78 is 0. The molecule has 1 rings (SSSR count). The van der Waals surface area contributed by atoms with Crippen LogP contribution in [-0.2, 0) is 4.79 Å². The normalized spacial score (nSPS) is 11.5. The van der Waals surface area contributed by atoms with E-state index in [1.165, 1.54) is 12.1 Å². The number of carbonyl (C=O) groups is 1. The van der Waals surface area contributed by atoms with Crippen LogP contribution >= 0.6 is 0 Å². The Balaban J connectivity index is 2.76. The summed E-state index contributed by atoms with van der Waals surface area (Å²) in [5.74, 6) is 0.0242. The Morgan fingerprint density at radius 3 is 2.47 bits per heavy atom. The number of nitrogens with one attached hydrogen (secondary N) is 1. The smallest absolute Gasteiger partial charge is 0.225 e. The molecule has 98 valence electrons. The number of nitrogens with two attached hydrogens (primary N) is 1. The first-order valence-corrected chi connectivity index (χ1v) is 5.97. The summed E-state index contributed by atoms with van der Waals surface area (Å²) in [5, 5.41) is 20.4. The monoisotopic (exact) mass is 256 g/mol. The average Bonchev–Trinajstić information content (AvgIpc) is 2.38. The molecule has 5 heteroatoms. The van der Waals surface area contributed by atoms with Crippen LogP contribution in [0.3, 0.4) is 0 Å². The minimum atomic E-state index is -0.200. The fourth-order valence-electron chi connectivity index (χ4n) is 1.47. The summed E-state index contributed by atoms with van der Waals surface area (Å²) in [4.78, 5) is 11.7. The van der Waals surface area contributed by atoms with E-state index in [1.807, 2.05) is 26.0 Å². The number of carbonyl (C=O) groups excluding carboxylic acids is 1. The highest BCUT2D eigenvalue weighted by atomic mass is 16.1. The van der Waals surface area contributed by atoms with E-state index in [2.05, 4.69) is 5.32 Å². The van der Waals surface area contributed by atoms with Gasteiger partial charge in [-0.15, -0.1) is 0 Å². The minimum Gasteiger partial charge on any atom is -0.327 e. The van der Waals surface area contributed by atoms with Gasteiger partial charge in [0.2, 0.25) is 5.91 Å². The van der Waals surface area contributed by atoms with Crippen LogP contribution in [0, 0.1) is 28.6 Å². The standard InChI is InChI=1S/C14H16N4O/c1-9(2)13(17)6-14(19)18-12-4-3-10(7-15)11(5-12)8-16/h3-5,9,13H,6,17H2,1-2H3,(H,18,19). The molecular weight excluding hydrogens is 240 g/mol. The zero-order valence-corrected chi connectivity index (χ0v) is 11.0. The highest BCUT2D eigenvalue weighted by Crippen LogP contribution is 2.15. The maximum Gasteiger partial charge on any atom is 0.225 e. The Hall–Kier alpha value is -2.37. The molecule has 0 spiro atoms. The SMILES string of the molecule is CC(C)C(N)CC(=O)Nc1ccc(C#N)c(C#N)c1. The third-order valence-electron chi connectivity index (χ3n) is 2.82. The van der Waals surface area contributed by atoms with Gasteiger partial charge >= 0.3 is 0 Å². The van der Waals surface area contributed by atoms with E-state index in [9.17, 15) is 4.79 Å². The van der Waals surface area contributed by atoms with Crippen LogP contribution in [0.5, 0.6) is 0 Å². The van der Waals surface area contributed by atoms with Crippen molar-refractivity contribution in [2.75, 3.05) is 5.32 Å². The predicted molar refractivity (Wildman–Crippen MR) is 71.9 cm³/mol. The second-order valence-electron chi connectivity index (χ2n) is 4.64. The molecule has 0 saturated carbocycles. The van der Waals surface area contributed by atoms with E-state index < -0.39 is 0 Å². The fourth-order valence-corrected chi connectivity index (χ4v) is 1.47. The zero-order chi connectivity index (χ0) is 14.4. The Bertz CT molecular complexity index is 552. The Kier molecular flexibility index (Phi) is 5.05. The topological polar surface area (TPSA) is 103 Å². The van der Waals surface area contributed by atoms with Gasteiger partial charge in [0.05, 0.1) is 11.1 Å². The van der Waals surface area contributed by atoms with Crippen molar-refractivity contribution in [3.63, 3.8) is 0 Å². The van der Waals surface area contributed by atoms with Crippen molar-refractivity contribution in [1.82, 2.24) is 0 Å². The summed E-state index contributed by atoms with van der Waals surface area (Å²) in [7, 11) is 0. The first-order valence-electron chi connectivity index (χ1n) is 5.97. The second kappa shape index (κ2) is 6.53. The van der Waals surface area contributed by atoms with Crippen LogP contribution in [0.2, 0.25) is 0 Å². The van der Waals surface area contributed by atoms with Crippen LogP contribution < -0.4 is 11.1 Å². The average molecular weight is 256 g/mol. The number of nitrogens with zero attached hydrogens (tertiary/aromatic N) is 2. The number of anilines is 1. The molecule has 19 heavy (non-hydrogen) atoms. The van der Waals surface area contributed by atoms with Gasteiger partial charge in [-0.1, -0.05) is 13.8 Å². The number of amides is 1. The number of nitriles is 2. The molecule has 1 unspecified atom stereocenters. The van der Waals surface area contributed by atoms with Gasteiger partial charge in [-0.05, 0) is 24.1 Å². The van der Waals surface area contributed by atoms with E-state index in [1.54, 1.807) is 6.07 Å². The lowest BCUT2D eigenvalue weighted by Crippen LogP contribution is -2.31. The van der Waals surface area contributed by atoms with Gasteiger partial charge < -0.3 is 11.1 Å². The highest BCUT2D eigenvalue weighted by Gasteiger charge is 2.13. The Labute approximate surface area is 112 Å². The van der Waals surface area contributed by atoms with Crippen LogP contribution in [0.15, 0.2) is 18.2 Å². The third-order valence-corrected chi connectivity index (χ3v) is 2.82. The molecule has 0 aliphatic rings. The number of benzene rings is 1. The van der Waals surface area contributed by atoms with Crippen molar-refractivity contribution in [3.8, 4) is 12.1 Å². The van der Waals surface area contributed by atoms with Gasteiger partial charge in [0.15, 0.2) is 0 Å². The van der Waals surface area contributed by atoms with E-state index in [0.29, 0.717) is 11.3 Å².